The van der Waals surface area contributed by atoms with E-state index in [0.29, 0.717) is 31.1 Å². The van der Waals surface area contributed by atoms with E-state index in [4.69, 9.17) is 4.74 Å². The first kappa shape index (κ1) is 14.7. The van der Waals surface area contributed by atoms with Crippen LogP contribution in [0.25, 0.3) is 0 Å². The maximum atomic E-state index is 12.5. The predicted molar refractivity (Wildman–Crippen MR) is 64.4 cm³/mol. The summed E-state index contributed by atoms with van der Waals surface area (Å²) in [5, 5.41) is 0. The van der Waals surface area contributed by atoms with Gasteiger partial charge in [-0.25, -0.2) is 0 Å². The molecule has 0 heterocycles. The first-order valence-electron chi connectivity index (χ1n) is 7.04. The van der Waals surface area contributed by atoms with Crippen LogP contribution >= 0.6 is 0 Å². The maximum Gasteiger partial charge on any atom is 0.425 e. The zero-order chi connectivity index (χ0) is 14.3. The number of hydrogen-bond donors (Lipinski definition) is 0. The van der Waals surface area contributed by atoms with Gasteiger partial charge in [0.05, 0.1) is 5.41 Å². The summed E-state index contributed by atoms with van der Waals surface area (Å²) in [4.78, 5) is 12.2. The molecule has 0 radical (unpaired) electrons. The zero-order valence-electron chi connectivity index (χ0n) is 11.4. The summed E-state index contributed by atoms with van der Waals surface area (Å²) in [7, 11) is 0. The molecule has 0 spiro atoms. The highest BCUT2D eigenvalue weighted by Gasteiger charge is 2.52. The van der Waals surface area contributed by atoms with Crippen LogP contribution in [0.15, 0.2) is 0 Å². The molecule has 0 amide bonds. The van der Waals surface area contributed by atoms with Crippen molar-refractivity contribution in [3.8, 4) is 0 Å². The topological polar surface area (TPSA) is 26.3 Å². The Kier molecular flexibility index (Phi) is 3.85. The van der Waals surface area contributed by atoms with E-state index in [0.717, 1.165) is 26.2 Å². The molecule has 0 aromatic rings. The van der Waals surface area contributed by atoms with Crippen LogP contribution in [0.3, 0.4) is 0 Å². The highest BCUT2D eigenvalue weighted by atomic mass is 19.4. The number of fused-ring (bicyclic) bond motifs is 2. The average Bonchev–Trinajstić information content (AvgIpc) is 2.64. The second-order valence-corrected chi connectivity index (χ2v) is 6.19. The smallest absolute Gasteiger partial charge is 0.425 e. The summed E-state index contributed by atoms with van der Waals surface area (Å²) >= 11 is 0. The lowest BCUT2D eigenvalue weighted by molar-refractivity contribution is -0.222. The van der Waals surface area contributed by atoms with Crippen LogP contribution < -0.4 is 0 Å². The van der Waals surface area contributed by atoms with Crippen molar-refractivity contribution < 1.29 is 22.7 Å². The fourth-order valence-corrected chi connectivity index (χ4v) is 3.66. The first-order valence-corrected chi connectivity index (χ1v) is 7.04. The van der Waals surface area contributed by atoms with Gasteiger partial charge in [-0.15, -0.1) is 0 Å². The van der Waals surface area contributed by atoms with Crippen LogP contribution in [-0.2, 0) is 9.53 Å². The fraction of sp³-hybridized carbons (Fsp3) is 0.929. The third-order valence-corrected chi connectivity index (χ3v) is 4.81. The fourth-order valence-electron chi connectivity index (χ4n) is 3.66. The predicted octanol–water partition coefficient (Wildman–Crippen LogP) is 4.09. The Labute approximate surface area is 111 Å². The van der Waals surface area contributed by atoms with Crippen LogP contribution in [0.1, 0.15) is 52.4 Å². The molecule has 0 aromatic carbocycles. The van der Waals surface area contributed by atoms with Crippen molar-refractivity contribution in [1.82, 2.24) is 0 Å². The molecule has 0 aromatic heterocycles. The summed E-state index contributed by atoms with van der Waals surface area (Å²) in [5.74, 6) is 0.320. The minimum Gasteiger partial charge on any atom is -0.453 e. The van der Waals surface area contributed by atoms with Crippen LogP contribution in [0, 0.1) is 17.3 Å². The molecule has 4 atom stereocenters. The van der Waals surface area contributed by atoms with Gasteiger partial charge in [0, 0.05) is 0 Å². The molecule has 0 aliphatic heterocycles. The van der Waals surface area contributed by atoms with Crippen molar-refractivity contribution in [2.45, 2.75) is 64.7 Å². The Balaban J connectivity index is 2.05. The minimum atomic E-state index is -4.47. The van der Waals surface area contributed by atoms with Crippen molar-refractivity contribution >= 4 is 5.97 Å². The van der Waals surface area contributed by atoms with Gasteiger partial charge in [0.1, 0.15) is 0 Å². The van der Waals surface area contributed by atoms with Crippen molar-refractivity contribution in [3.05, 3.63) is 0 Å². The average molecular weight is 278 g/mol. The van der Waals surface area contributed by atoms with Gasteiger partial charge in [-0.05, 0) is 50.9 Å². The van der Waals surface area contributed by atoms with E-state index in [2.05, 4.69) is 6.92 Å². The van der Waals surface area contributed by atoms with Gasteiger partial charge in [-0.2, -0.15) is 13.2 Å². The van der Waals surface area contributed by atoms with E-state index in [9.17, 15) is 18.0 Å². The molecule has 2 fully saturated rings. The van der Waals surface area contributed by atoms with E-state index in [1.807, 2.05) is 0 Å². The van der Waals surface area contributed by atoms with Crippen molar-refractivity contribution in [3.63, 3.8) is 0 Å². The summed E-state index contributed by atoms with van der Waals surface area (Å²) in [6, 6.07) is 0. The lowest BCUT2D eigenvalue weighted by Crippen LogP contribution is -2.40. The van der Waals surface area contributed by atoms with Gasteiger partial charge in [0.2, 0.25) is 0 Å². The number of halogens is 3. The maximum absolute atomic E-state index is 12.5. The van der Waals surface area contributed by atoms with E-state index >= 15 is 0 Å². The van der Waals surface area contributed by atoms with Gasteiger partial charge in [-0.3, -0.25) is 4.79 Å². The van der Waals surface area contributed by atoms with Gasteiger partial charge in [-0.1, -0.05) is 13.3 Å². The molecule has 0 N–H and O–H groups in total. The van der Waals surface area contributed by atoms with Gasteiger partial charge in [0.15, 0.2) is 6.10 Å². The van der Waals surface area contributed by atoms with Gasteiger partial charge in [0.25, 0.3) is 0 Å². The van der Waals surface area contributed by atoms with Crippen molar-refractivity contribution in [2.75, 3.05) is 0 Å². The van der Waals surface area contributed by atoms with E-state index < -0.39 is 23.7 Å². The van der Waals surface area contributed by atoms with Crippen LogP contribution in [-0.4, -0.2) is 18.2 Å². The largest absolute Gasteiger partial charge is 0.453 e. The molecular weight excluding hydrogens is 257 g/mol. The molecule has 2 aliphatic rings. The monoisotopic (exact) mass is 278 g/mol. The number of carbonyl (C=O) groups is 1. The van der Waals surface area contributed by atoms with Crippen molar-refractivity contribution in [2.24, 2.45) is 17.3 Å². The number of ether oxygens (including phenoxy) is 1. The molecule has 4 unspecified atom stereocenters. The number of carbonyl (C=O) groups excluding carboxylic acids is 1. The van der Waals surface area contributed by atoms with Gasteiger partial charge < -0.3 is 4.74 Å². The molecule has 19 heavy (non-hydrogen) atoms. The van der Waals surface area contributed by atoms with Crippen molar-refractivity contribution in [1.29, 1.82) is 0 Å². The standard InChI is InChI=1S/C14H21F3O2/c1-3-10-6-11-4-5-13(7-10,8-11)12(18)19-9(2)14(15,16)17/h9-11H,3-8H2,1-2H3. The summed E-state index contributed by atoms with van der Waals surface area (Å²) in [6.07, 6.45) is -1.32. The number of hydrogen-bond acceptors (Lipinski definition) is 2. The Morgan fingerprint density at radius 1 is 1.42 bits per heavy atom. The molecule has 2 nitrogen and oxygen atoms in total. The molecule has 5 heteroatoms. The van der Waals surface area contributed by atoms with Crippen LogP contribution in [0.4, 0.5) is 13.2 Å². The Hall–Kier alpha value is -0.740. The molecule has 2 rings (SSSR count). The molecule has 2 saturated carbocycles. The van der Waals surface area contributed by atoms with Crippen LogP contribution in [0.2, 0.25) is 0 Å². The third kappa shape index (κ3) is 2.90. The third-order valence-electron chi connectivity index (χ3n) is 4.81. The molecular formula is C14H21F3O2. The molecule has 2 bridgehead atoms. The quantitative estimate of drug-likeness (QED) is 0.727. The second kappa shape index (κ2) is 4.98. The number of esters is 1. The summed E-state index contributed by atoms with van der Waals surface area (Å²) in [5.41, 5.74) is -0.636. The lowest BCUT2D eigenvalue weighted by atomic mass is 9.70. The van der Waals surface area contributed by atoms with E-state index in [1.165, 1.54) is 0 Å². The molecule has 110 valence electrons. The molecule has 2 aliphatic carbocycles. The molecule has 0 saturated heterocycles. The van der Waals surface area contributed by atoms with Crippen LogP contribution in [0.5, 0.6) is 0 Å². The SMILES string of the molecule is CCC1CC2CCC(C(=O)OC(C)C(F)(F)F)(C1)C2. The lowest BCUT2D eigenvalue weighted by Gasteiger charge is -2.36. The zero-order valence-corrected chi connectivity index (χ0v) is 11.4. The van der Waals surface area contributed by atoms with E-state index in [-0.39, 0.29) is 0 Å². The van der Waals surface area contributed by atoms with E-state index in [1.54, 1.807) is 0 Å². The summed E-state index contributed by atoms with van der Waals surface area (Å²) < 4.78 is 42.1. The summed E-state index contributed by atoms with van der Waals surface area (Å²) in [6.45, 7) is 2.98. The highest BCUT2D eigenvalue weighted by Crippen LogP contribution is 2.54. The Bertz CT molecular complexity index is 353. The number of alkyl halides is 3. The highest BCUT2D eigenvalue weighted by molar-refractivity contribution is 5.77. The first-order chi connectivity index (χ1) is 8.77. The minimum absolute atomic E-state index is 0.454. The normalized spacial score (nSPS) is 36.1. The Morgan fingerprint density at radius 2 is 2.11 bits per heavy atom. The second-order valence-electron chi connectivity index (χ2n) is 6.19. The number of rotatable bonds is 3. The Morgan fingerprint density at radius 3 is 2.68 bits per heavy atom. The van der Waals surface area contributed by atoms with Gasteiger partial charge >= 0.3 is 12.1 Å².